The number of carbonyl (C=O) groups excluding carboxylic acids is 2. The van der Waals surface area contributed by atoms with E-state index in [1.807, 2.05) is 6.92 Å². The number of benzene rings is 2. The summed E-state index contributed by atoms with van der Waals surface area (Å²) in [7, 11) is 0. The van der Waals surface area contributed by atoms with Gasteiger partial charge in [0.25, 0.3) is 11.7 Å². The fourth-order valence-corrected chi connectivity index (χ4v) is 3.54. The number of nitrogens with zero attached hydrogens (tertiary/aromatic N) is 1. The first-order valence-corrected chi connectivity index (χ1v) is 9.63. The zero-order chi connectivity index (χ0) is 20.4. The quantitative estimate of drug-likeness (QED) is 0.409. The lowest BCUT2D eigenvalue weighted by Crippen LogP contribution is -2.30. The van der Waals surface area contributed by atoms with Crippen LogP contribution in [0, 0.1) is 0 Å². The standard InChI is InChI=1S/C21H19Cl2NO4/c1-2-3-10-24-18(12-4-7-14(25)8-5-12)17(20(27)21(24)28)19(26)13-6-9-15(22)16(23)11-13/h4-9,11,18,25-26H,2-3,10H2,1H3/b19-17-. The number of phenolic OH excluding ortho intramolecular Hbond substituents is 1. The van der Waals surface area contributed by atoms with Crippen LogP contribution in [0.1, 0.15) is 36.9 Å². The van der Waals surface area contributed by atoms with Crippen LogP contribution in [0.2, 0.25) is 10.0 Å². The van der Waals surface area contributed by atoms with Crippen molar-refractivity contribution < 1.29 is 19.8 Å². The second kappa shape index (κ2) is 8.25. The molecule has 0 spiro atoms. The van der Waals surface area contributed by atoms with E-state index in [1.165, 1.54) is 35.2 Å². The minimum atomic E-state index is -0.752. The maximum absolute atomic E-state index is 12.8. The smallest absolute Gasteiger partial charge is 0.295 e. The molecule has 1 atom stereocenters. The molecule has 1 aliphatic heterocycles. The SMILES string of the molecule is CCCCN1C(=O)C(=O)/C(=C(\O)c2ccc(Cl)c(Cl)c2)C1c1ccc(O)cc1. The number of unbranched alkanes of at least 4 members (excludes halogenated alkanes) is 1. The van der Waals surface area contributed by atoms with Crippen molar-refractivity contribution in [3.05, 3.63) is 69.2 Å². The van der Waals surface area contributed by atoms with Crippen molar-refractivity contribution in [1.29, 1.82) is 0 Å². The number of phenols is 1. The average Bonchev–Trinajstić information content (AvgIpc) is 2.93. The Labute approximate surface area is 172 Å². The number of Topliss-reactive ketones (excluding diaryl/α,β-unsaturated/α-hetero) is 1. The molecule has 1 fully saturated rings. The third-order valence-electron chi connectivity index (χ3n) is 4.69. The Balaban J connectivity index is 2.17. The molecule has 7 heteroatoms. The molecule has 0 aromatic heterocycles. The van der Waals surface area contributed by atoms with Crippen LogP contribution in [0.5, 0.6) is 5.75 Å². The molecule has 0 saturated carbocycles. The summed E-state index contributed by atoms with van der Waals surface area (Å²) in [6.07, 6.45) is 1.56. The van der Waals surface area contributed by atoms with Gasteiger partial charge in [0.15, 0.2) is 0 Å². The molecule has 3 rings (SSSR count). The van der Waals surface area contributed by atoms with E-state index in [0.717, 1.165) is 6.42 Å². The molecule has 1 amide bonds. The van der Waals surface area contributed by atoms with Crippen LogP contribution in [-0.2, 0) is 9.59 Å². The van der Waals surface area contributed by atoms with Crippen LogP contribution < -0.4 is 0 Å². The molecule has 0 aliphatic carbocycles. The number of ketones is 1. The van der Waals surface area contributed by atoms with Gasteiger partial charge in [-0.05, 0) is 42.3 Å². The van der Waals surface area contributed by atoms with Crippen molar-refractivity contribution in [2.75, 3.05) is 6.54 Å². The van der Waals surface area contributed by atoms with E-state index in [9.17, 15) is 19.8 Å². The molecule has 1 heterocycles. The van der Waals surface area contributed by atoms with E-state index in [1.54, 1.807) is 12.1 Å². The Hall–Kier alpha value is -2.50. The highest BCUT2D eigenvalue weighted by Gasteiger charge is 2.45. The van der Waals surface area contributed by atoms with Crippen molar-refractivity contribution in [2.24, 2.45) is 0 Å². The Morgan fingerprint density at radius 3 is 2.36 bits per heavy atom. The minimum Gasteiger partial charge on any atom is -0.508 e. The molecular formula is C21H19Cl2NO4. The van der Waals surface area contributed by atoms with E-state index >= 15 is 0 Å². The number of amides is 1. The summed E-state index contributed by atoms with van der Waals surface area (Å²) >= 11 is 12.0. The van der Waals surface area contributed by atoms with E-state index in [0.29, 0.717) is 29.1 Å². The summed E-state index contributed by atoms with van der Waals surface area (Å²) in [5.41, 5.74) is 0.909. The molecule has 1 aliphatic rings. The van der Waals surface area contributed by atoms with Crippen LogP contribution in [0.4, 0.5) is 0 Å². The van der Waals surface area contributed by atoms with E-state index in [2.05, 4.69) is 0 Å². The highest BCUT2D eigenvalue weighted by molar-refractivity contribution is 6.46. The topological polar surface area (TPSA) is 77.8 Å². The maximum atomic E-state index is 12.8. The fourth-order valence-electron chi connectivity index (χ4n) is 3.24. The number of hydrogen-bond acceptors (Lipinski definition) is 4. The lowest BCUT2D eigenvalue weighted by atomic mass is 9.95. The van der Waals surface area contributed by atoms with Crippen LogP contribution in [-0.4, -0.2) is 33.3 Å². The first-order chi connectivity index (χ1) is 13.3. The molecule has 5 nitrogen and oxygen atoms in total. The van der Waals surface area contributed by atoms with Gasteiger partial charge in [0.1, 0.15) is 11.5 Å². The number of carbonyl (C=O) groups is 2. The maximum Gasteiger partial charge on any atom is 0.295 e. The van der Waals surface area contributed by atoms with Gasteiger partial charge in [-0.15, -0.1) is 0 Å². The summed E-state index contributed by atoms with van der Waals surface area (Å²) in [5.74, 6) is -1.65. The predicted molar refractivity (Wildman–Crippen MR) is 108 cm³/mol. The fraction of sp³-hybridized carbons (Fsp3) is 0.238. The monoisotopic (exact) mass is 419 g/mol. The van der Waals surface area contributed by atoms with Gasteiger partial charge in [0.05, 0.1) is 21.7 Å². The Morgan fingerprint density at radius 2 is 1.75 bits per heavy atom. The van der Waals surface area contributed by atoms with Crippen LogP contribution in [0.3, 0.4) is 0 Å². The summed E-state index contributed by atoms with van der Waals surface area (Å²) < 4.78 is 0. The lowest BCUT2D eigenvalue weighted by molar-refractivity contribution is -0.139. The largest absolute Gasteiger partial charge is 0.508 e. The van der Waals surface area contributed by atoms with E-state index in [4.69, 9.17) is 23.2 Å². The summed E-state index contributed by atoms with van der Waals surface area (Å²) in [5, 5.41) is 21.0. The second-order valence-electron chi connectivity index (χ2n) is 6.57. The summed E-state index contributed by atoms with van der Waals surface area (Å²) in [4.78, 5) is 26.9. The number of aliphatic hydroxyl groups is 1. The van der Waals surface area contributed by atoms with Crippen LogP contribution in [0.15, 0.2) is 48.0 Å². The summed E-state index contributed by atoms with van der Waals surface area (Å²) in [6.45, 7) is 2.37. The Bertz CT molecular complexity index is 953. The molecular weight excluding hydrogens is 401 g/mol. The van der Waals surface area contributed by atoms with Gasteiger partial charge in [0, 0.05) is 12.1 Å². The molecule has 0 bridgehead atoms. The van der Waals surface area contributed by atoms with E-state index in [-0.39, 0.29) is 22.1 Å². The van der Waals surface area contributed by atoms with Crippen molar-refractivity contribution in [3.63, 3.8) is 0 Å². The minimum absolute atomic E-state index is 0.00909. The third kappa shape index (κ3) is 3.73. The Kier molecular flexibility index (Phi) is 5.96. The highest BCUT2D eigenvalue weighted by atomic mass is 35.5. The van der Waals surface area contributed by atoms with E-state index < -0.39 is 17.7 Å². The predicted octanol–water partition coefficient (Wildman–Crippen LogP) is 4.92. The van der Waals surface area contributed by atoms with Crippen LogP contribution in [0.25, 0.3) is 5.76 Å². The van der Waals surface area contributed by atoms with Gasteiger partial charge in [0.2, 0.25) is 0 Å². The number of aliphatic hydroxyl groups excluding tert-OH is 1. The number of halogens is 2. The van der Waals surface area contributed by atoms with Gasteiger partial charge in [-0.25, -0.2) is 0 Å². The summed E-state index contributed by atoms with van der Waals surface area (Å²) in [6, 6.07) is 9.98. The van der Waals surface area contributed by atoms with Gasteiger partial charge in [-0.2, -0.15) is 0 Å². The van der Waals surface area contributed by atoms with Crippen LogP contribution >= 0.6 is 23.2 Å². The molecule has 146 valence electrons. The average molecular weight is 420 g/mol. The Morgan fingerprint density at radius 1 is 1.07 bits per heavy atom. The number of aromatic hydroxyl groups is 1. The lowest BCUT2D eigenvalue weighted by Gasteiger charge is -2.25. The zero-order valence-electron chi connectivity index (χ0n) is 15.2. The van der Waals surface area contributed by atoms with Crippen molar-refractivity contribution in [3.8, 4) is 5.75 Å². The molecule has 2 N–H and O–H groups in total. The van der Waals surface area contributed by atoms with Crippen molar-refractivity contribution in [1.82, 2.24) is 4.90 Å². The third-order valence-corrected chi connectivity index (χ3v) is 5.43. The molecule has 1 saturated heterocycles. The molecule has 2 aromatic carbocycles. The van der Waals surface area contributed by atoms with Gasteiger partial charge in [-0.3, -0.25) is 9.59 Å². The van der Waals surface area contributed by atoms with Crippen molar-refractivity contribution >= 4 is 40.7 Å². The first-order valence-electron chi connectivity index (χ1n) is 8.88. The molecule has 1 unspecified atom stereocenters. The number of hydrogen-bond donors (Lipinski definition) is 2. The normalized spacial score (nSPS) is 18.7. The van der Waals surface area contributed by atoms with Gasteiger partial charge in [-0.1, -0.05) is 48.7 Å². The zero-order valence-corrected chi connectivity index (χ0v) is 16.7. The molecule has 0 radical (unpaired) electrons. The number of rotatable bonds is 5. The first kappa shape index (κ1) is 20.2. The number of likely N-dealkylation sites (tertiary alicyclic amines) is 1. The van der Waals surface area contributed by atoms with Gasteiger partial charge >= 0.3 is 0 Å². The molecule has 2 aromatic rings. The second-order valence-corrected chi connectivity index (χ2v) is 7.38. The highest BCUT2D eigenvalue weighted by Crippen LogP contribution is 2.40. The molecule has 28 heavy (non-hydrogen) atoms. The van der Waals surface area contributed by atoms with Gasteiger partial charge < -0.3 is 15.1 Å². The van der Waals surface area contributed by atoms with Crippen molar-refractivity contribution in [2.45, 2.75) is 25.8 Å².